The second-order valence-corrected chi connectivity index (χ2v) is 3.82. The van der Waals surface area contributed by atoms with E-state index in [1.165, 1.54) is 19.4 Å². The Morgan fingerprint density at radius 1 is 1.09 bits per heavy atom. The average molecular weight is 157 g/mol. The van der Waals surface area contributed by atoms with Gasteiger partial charge in [-0.25, -0.2) is 0 Å². The fourth-order valence-corrected chi connectivity index (χ4v) is 1.51. The van der Waals surface area contributed by atoms with Gasteiger partial charge in [-0.2, -0.15) is 0 Å². The van der Waals surface area contributed by atoms with Gasteiger partial charge in [0.15, 0.2) is 0 Å². The van der Waals surface area contributed by atoms with Crippen LogP contribution in [0.4, 0.5) is 0 Å². The van der Waals surface area contributed by atoms with Crippen molar-refractivity contribution in [3.8, 4) is 0 Å². The van der Waals surface area contributed by atoms with Crippen molar-refractivity contribution in [3.05, 3.63) is 0 Å². The minimum absolute atomic E-state index is 0.877. The summed E-state index contributed by atoms with van der Waals surface area (Å²) in [6, 6.07) is 0. The lowest BCUT2D eigenvalue weighted by molar-refractivity contribution is 0.246. The van der Waals surface area contributed by atoms with Crippen LogP contribution in [0.15, 0.2) is 0 Å². The van der Waals surface area contributed by atoms with Crippen molar-refractivity contribution in [3.63, 3.8) is 0 Å². The van der Waals surface area contributed by atoms with E-state index in [-0.39, 0.29) is 0 Å². The van der Waals surface area contributed by atoms with Gasteiger partial charge < -0.3 is 4.90 Å². The summed E-state index contributed by atoms with van der Waals surface area (Å²) in [7, 11) is 4.32. The Hall–Kier alpha value is -0.0400. The van der Waals surface area contributed by atoms with Crippen molar-refractivity contribution in [1.82, 2.24) is 4.90 Å². The molecule has 2 unspecified atom stereocenters. The Bertz CT molecular complexity index is 88.9. The first kappa shape index (κ1) is 11.0. The molecule has 0 aliphatic carbocycles. The molecule has 0 saturated carbocycles. The molecule has 0 spiro atoms. The highest BCUT2D eigenvalue weighted by Gasteiger charge is 2.13. The Morgan fingerprint density at radius 3 is 1.91 bits per heavy atom. The van der Waals surface area contributed by atoms with Gasteiger partial charge in [0, 0.05) is 6.54 Å². The third-order valence-electron chi connectivity index (χ3n) is 2.57. The number of hydrogen-bond acceptors (Lipinski definition) is 1. The summed E-state index contributed by atoms with van der Waals surface area (Å²) in [5, 5.41) is 0. The van der Waals surface area contributed by atoms with E-state index in [9.17, 15) is 0 Å². The minimum Gasteiger partial charge on any atom is -0.309 e. The summed E-state index contributed by atoms with van der Waals surface area (Å²) in [4.78, 5) is 2.29. The van der Waals surface area contributed by atoms with Crippen molar-refractivity contribution in [2.45, 2.75) is 33.6 Å². The smallest absolute Gasteiger partial charge is 0.000600 e. The van der Waals surface area contributed by atoms with Crippen molar-refractivity contribution in [2.24, 2.45) is 11.8 Å². The summed E-state index contributed by atoms with van der Waals surface area (Å²) in [5.41, 5.74) is 0. The molecule has 68 valence electrons. The van der Waals surface area contributed by atoms with Gasteiger partial charge in [0.25, 0.3) is 0 Å². The van der Waals surface area contributed by atoms with Crippen LogP contribution < -0.4 is 0 Å². The van der Waals surface area contributed by atoms with Gasteiger partial charge in [-0.1, -0.05) is 33.6 Å². The molecule has 0 saturated heterocycles. The van der Waals surface area contributed by atoms with E-state index in [0.717, 1.165) is 11.8 Å². The molecule has 0 N–H and O–H groups in total. The van der Waals surface area contributed by atoms with Gasteiger partial charge in [0.05, 0.1) is 0 Å². The van der Waals surface area contributed by atoms with Crippen LogP contribution in [0.2, 0.25) is 0 Å². The molecule has 2 atom stereocenters. The second-order valence-electron chi connectivity index (χ2n) is 3.82. The quantitative estimate of drug-likeness (QED) is 0.593. The molecule has 0 aromatic rings. The largest absolute Gasteiger partial charge is 0.309 e. The molecule has 0 aromatic heterocycles. The topological polar surface area (TPSA) is 3.24 Å². The van der Waals surface area contributed by atoms with Crippen LogP contribution >= 0.6 is 0 Å². The zero-order valence-corrected chi connectivity index (χ0v) is 8.72. The highest BCUT2D eigenvalue weighted by molar-refractivity contribution is 4.65. The van der Waals surface area contributed by atoms with Crippen LogP contribution in [0.1, 0.15) is 33.6 Å². The van der Waals surface area contributed by atoms with Crippen LogP contribution in [0, 0.1) is 11.8 Å². The zero-order chi connectivity index (χ0) is 8.85. The predicted octanol–water partition coefficient (Wildman–Crippen LogP) is 2.62. The van der Waals surface area contributed by atoms with Gasteiger partial charge in [0.2, 0.25) is 0 Å². The number of rotatable bonds is 5. The van der Waals surface area contributed by atoms with Crippen LogP contribution in [0.25, 0.3) is 0 Å². The lowest BCUT2D eigenvalue weighted by atomic mass is 9.89. The average Bonchev–Trinajstić information content (AvgIpc) is 1.98. The summed E-state index contributed by atoms with van der Waals surface area (Å²) in [5.74, 6) is 1.76. The van der Waals surface area contributed by atoms with Crippen LogP contribution in [-0.4, -0.2) is 25.5 Å². The third kappa shape index (κ3) is 4.41. The lowest BCUT2D eigenvalue weighted by Gasteiger charge is -2.24. The van der Waals surface area contributed by atoms with E-state index in [1.807, 2.05) is 0 Å². The highest BCUT2D eigenvalue weighted by atomic mass is 15.1. The van der Waals surface area contributed by atoms with Gasteiger partial charge >= 0.3 is 0 Å². The Morgan fingerprint density at radius 2 is 1.64 bits per heavy atom. The fraction of sp³-hybridized carbons (Fsp3) is 1.00. The molecular formula is C10H23N. The summed E-state index contributed by atoms with van der Waals surface area (Å²) in [6.45, 7) is 8.17. The normalized spacial score (nSPS) is 16.9. The Kier molecular flexibility index (Phi) is 5.57. The van der Waals surface area contributed by atoms with E-state index < -0.39 is 0 Å². The second kappa shape index (κ2) is 5.59. The van der Waals surface area contributed by atoms with Gasteiger partial charge in [-0.3, -0.25) is 0 Å². The molecule has 0 radical (unpaired) electrons. The Labute approximate surface area is 71.8 Å². The maximum Gasteiger partial charge on any atom is 0.000600 e. The molecule has 0 bridgehead atoms. The minimum atomic E-state index is 0.877. The molecule has 0 aliphatic rings. The molecule has 0 fully saturated rings. The maximum atomic E-state index is 2.36. The summed E-state index contributed by atoms with van der Waals surface area (Å²) < 4.78 is 0. The monoisotopic (exact) mass is 157 g/mol. The van der Waals surface area contributed by atoms with E-state index in [4.69, 9.17) is 0 Å². The highest BCUT2D eigenvalue weighted by Crippen LogP contribution is 2.18. The van der Waals surface area contributed by atoms with Crippen molar-refractivity contribution in [2.75, 3.05) is 20.6 Å². The van der Waals surface area contributed by atoms with Gasteiger partial charge in [-0.05, 0) is 25.9 Å². The van der Waals surface area contributed by atoms with Crippen molar-refractivity contribution < 1.29 is 0 Å². The van der Waals surface area contributed by atoms with E-state index in [2.05, 4.69) is 39.8 Å². The standard InChI is InChI=1S/C10H23N/c1-6-9(3)10(7-2)8-11(4)5/h9-10H,6-8H2,1-5H3. The van der Waals surface area contributed by atoms with E-state index in [0.29, 0.717) is 0 Å². The molecule has 0 heterocycles. The molecule has 0 amide bonds. The molecule has 0 aromatic carbocycles. The fourth-order valence-electron chi connectivity index (χ4n) is 1.51. The molecular weight excluding hydrogens is 134 g/mol. The molecule has 11 heavy (non-hydrogen) atoms. The first-order valence-electron chi connectivity index (χ1n) is 4.76. The Balaban J connectivity index is 3.74. The predicted molar refractivity (Wildman–Crippen MR) is 51.8 cm³/mol. The van der Waals surface area contributed by atoms with Crippen molar-refractivity contribution in [1.29, 1.82) is 0 Å². The van der Waals surface area contributed by atoms with Crippen LogP contribution in [0.3, 0.4) is 0 Å². The number of hydrogen-bond donors (Lipinski definition) is 0. The molecule has 1 heteroatoms. The van der Waals surface area contributed by atoms with Gasteiger partial charge in [0.1, 0.15) is 0 Å². The maximum absolute atomic E-state index is 2.36. The van der Waals surface area contributed by atoms with E-state index in [1.54, 1.807) is 0 Å². The molecule has 1 nitrogen and oxygen atoms in total. The summed E-state index contributed by atoms with van der Waals surface area (Å²) in [6.07, 6.45) is 2.62. The molecule has 0 aliphatic heterocycles. The van der Waals surface area contributed by atoms with Crippen LogP contribution in [0.5, 0.6) is 0 Å². The van der Waals surface area contributed by atoms with E-state index >= 15 is 0 Å². The first-order chi connectivity index (χ1) is 5.11. The van der Waals surface area contributed by atoms with Crippen LogP contribution in [-0.2, 0) is 0 Å². The van der Waals surface area contributed by atoms with Gasteiger partial charge in [-0.15, -0.1) is 0 Å². The summed E-state index contributed by atoms with van der Waals surface area (Å²) >= 11 is 0. The SMILES string of the molecule is CCC(C)C(CC)CN(C)C. The zero-order valence-electron chi connectivity index (χ0n) is 8.72. The molecule has 0 rings (SSSR count). The van der Waals surface area contributed by atoms with Crippen molar-refractivity contribution >= 4 is 0 Å². The lowest BCUT2D eigenvalue weighted by Crippen LogP contribution is -2.25. The third-order valence-corrected chi connectivity index (χ3v) is 2.57. The first-order valence-corrected chi connectivity index (χ1v) is 4.76. The number of nitrogens with zero attached hydrogens (tertiary/aromatic N) is 1.